The zero-order valence-electron chi connectivity index (χ0n) is 42.2. The van der Waals surface area contributed by atoms with Crippen LogP contribution in [0.5, 0.6) is 0 Å². The molecule has 4 aliphatic rings. The fourth-order valence-electron chi connectivity index (χ4n) is 11.9. The minimum Gasteiger partial charge on any atom is -0.512 e. The second-order valence-corrected chi connectivity index (χ2v) is 21.3. The average Bonchev–Trinajstić information content (AvgIpc) is 4.00. The van der Waals surface area contributed by atoms with E-state index in [2.05, 4.69) is 88.1 Å². The van der Waals surface area contributed by atoms with Crippen molar-refractivity contribution in [3.8, 4) is 0 Å². The van der Waals surface area contributed by atoms with Crippen molar-refractivity contribution in [1.82, 2.24) is 20.6 Å². The Labute approximate surface area is 394 Å². The van der Waals surface area contributed by atoms with Crippen LogP contribution in [0.25, 0.3) is 29.2 Å². The van der Waals surface area contributed by atoms with Crippen LogP contribution in [0.15, 0.2) is 17.3 Å². The summed E-state index contributed by atoms with van der Waals surface area (Å²) < 4.78 is 11.0. The Morgan fingerprint density at radius 2 is 1.59 bits per heavy atom. The first-order chi connectivity index (χ1) is 31.4. The number of rotatable bonds is 20. The Morgan fingerprint density at radius 1 is 0.909 bits per heavy atom. The lowest BCUT2D eigenvalue weighted by Gasteiger charge is -2.26. The van der Waals surface area contributed by atoms with Crippen molar-refractivity contribution < 1.29 is 34.4 Å². The maximum absolute atomic E-state index is 13.8. The lowest BCUT2D eigenvalue weighted by atomic mass is 9.79. The predicted octanol–water partition coefficient (Wildman–Crippen LogP) is 7.90. The smallest absolute Gasteiger partial charge is 0.323 e. The molecule has 2 aromatic rings. The van der Waals surface area contributed by atoms with Gasteiger partial charge in [-0.25, -0.2) is 0 Å². The van der Waals surface area contributed by atoms with Gasteiger partial charge in [-0.2, -0.15) is 0 Å². The van der Waals surface area contributed by atoms with Crippen molar-refractivity contribution in [2.45, 2.75) is 178 Å². The van der Waals surface area contributed by atoms with Gasteiger partial charge in [-0.3, -0.25) is 9.59 Å². The van der Waals surface area contributed by atoms with E-state index in [4.69, 9.17) is 9.47 Å². The molecule has 7 N–H and O–H groups in total. The van der Waals surface area contributed by atoms with Crippen LogP contribution in [0, 0.1) is 61.2 Å². The minimum absolute atomic E-state index is 0.00288. The van der Waals surface area contributed by atoms with E-state index < -0.39 is 24.7 Å². The number of carbonyl (C=O) groups is 2. The number of hydrogen-bond acceptors (Lipinski definition) is 9. The maximum Gasteiger partial charge on any atom is 0.323 e. The van der Waals surface area contributed by atoms with E-state index in [1.165, 1.54) is 50.5 Å². The van der Waals surface area contributed by atoms with Gasteiger partial charge in [0.1, 0.15) is 18.3 Å². The highest BCUT2D eigenvalue weighted by atomic mass is 16.6. The minimum atomic E-state index is -1.14. The number of fused-ring (bicyclic) bond motifs is 8. The number of ether oxygens (including phenoxy) is 2. The van der Waals surface area contributed by atoms with Crippen molar-refractivity contribution in [3.05, 3.63) is 61.0 Å². The molecule has 2 fully saturated rings. The van der Waals surface area contributed by atoms with Crippen LogP contribution in [-0.2, 0) is 25.5 Å². The molecule has 366 valence electrons. The third-order valence-corrected chi connectivity index (χ3v) is 16.0. The molecule has 3 aliphatic heterocycles. The number of esters is 2. The summed E-state index contributed by atoms with van der Waals surface area (Å²) in [6.07, 6.45) is 19.9. The molecule has 10 atom stereocenters. The molecule has 1 aliphatic carbocycles. The second kappa shape index (κ2) is 22.7. The number of nitrogens with one attached hydrogen (secondary N) is 4. The Bertz CT molecular complexity index is 2350. The maximum atomic E-state index is 13.8. The summed E-state index contributed by atoms with van der Waals surface area (Å²) in [5.41, 5.74) is 6.62. The van der Waals surface area contributed by atoms with Crippen molar-refractivity contribution in [1.29, 1.82) is 0 Å². The highest BCUT2D eigenvalue weighted by Crippen LogP contribution is 2.41. The van der Waals surface area contributed by atoms with Crippen LogP contribution >= 0.6 is 0 Å². The molecule has 66 heavy (non-hydrogen) atoms. The molecular formula is C55H84N4O7. The molecule has 0 saturated carbocycles. The second-order valence-electron chi connectivity index (χ2n) is 21.3. The quantitative estimate of drug-likeness (QED) is 0.0397. The summed E-state index contributed by atoms with van der Waals surface area (Å²) in [6.45, 7) is 23.3. The molecule has 0 radical (unpaired) electrons. The third-order valence-electron chi connectivity index (χ3n) is 16.0. The number of hydrogen-bond donors (Lipinski definition) is 7. The van der Waals surface area contributed by atoms with E-state index in [1.807, 2.05) is 19.9 Å². The van der Waals surface area contributed by atoms with Gasteiger partial charge >= 0.3 is 11.9 Å². The van der Waals surface area contributed by atoms with Gasteiger partial charge in [0.05, 0.1) is 11.1 Å². The SMILES string of the molecule is CC[C@H]1/C2=C/c3[nH]c4c(c3C)=C(O)[C@H](C(=O)OCO)C=4C3NC(Cc4[nH]c(/c(=C(/C)O)c4C)=C\[C@@H](N2)[C@@H]1C)[C@@H](C)[C@@H]3CCC(=O)OC/C=C(/C)CCC[C@H](C)CCC[C@H](C)CCCC(C)C. The molecule has 6 rings (SSSR count). The zero-order chi connectivity index (χ0) is 48.0. The van der Waals surface area contributed by atoms with Crippen LogP contribution in [0.2, 0.25) is 0 Å². The molecule has 0 aromatic carbocycles. The number of aliphatic hydroxyl groups is 3. The summed E-state index contributed by atoms with van der Waals surface area (Å²) in [5.74, 6) is 0.731. The summed E-state index contributed by atoms with van der Waals surface area (Å²) in [5, 5.41) is 43.4. The standard InChI is InChI=1S/C55H84N4O7/c1-12-39-34(7)41-28-46-48(38(11)61)36(9)43(57-46)26-42-35(8)40(22-23-47(62)65-25-24-33(6)21-15-20-32(5)19-14-18-31(4)17-13-16-30(2)3)52(58-42)50-51(55(64)66-29-60)54(63)49-37(10)44(59-53(49)50)27-45(39)56-41/h24,27-28,30-32,34-35,39-42,51-52,56-61,63H,12-23,25-26,29H2,1-11H3/b33-24-,45-27-,46-28-,48-38-/t31-,32-,34-,35+,39-,40+,41-,42?,51-,52?/m1/s1. The van der Waals surface area contributed by atoms with Crippen LogP contribution < -0.4 is 31.8 Å². The summed E-state index contributed by atoms with van der Waals surface area (Å²) >= 11 is 0. The van der Waals surface area contributed by atoms with Gasteiger partial charge in [-0.1, -0.05) is 99.0 Å². The Morgan fingerprint density at radius 3 is 2.24 bits per heavy atom. The molecule has 2 aromatic heterocycles. The number of aromatic nitrogens is 2. The van der Waals surface area contributed by atoms with E-state index in [9.17, 15) is 24.9 Å². The van der Waals surface area contributed by atoms with Crippen LogP contribution in [0.3, 0.4) is 0 Å². The van der Waals surface area contributed by atoms with E-state index in [-0.39, 0.29) is 66.3 Å². The number of H-pyrrole nitrogens is 2. The molecule has 2 saturated heterocycles. The first kappa shape index (κ1) is 51.2. The van der Waals surface area contributed by atoms with Crippen molar-refractivity contribution >= 4 is 41.2 Å². The Hall–Kier alpha value is -4.22. The first-order valence-electron chi connectivity index (χ1n) is 25.5. The zero-order valence-corrected chi connectivity index (χ0v) is 42.2. The fraction of sp³-hybridized carbons (Fsp3) is 0.673. The van der Waals surface area contributed by atoms with Crippen molar-refractivity contribution in [3.63, 3.8) is 0 Å². The molecule has 11 nitrogen and oxygen atoms in total. The highest BCUT2D eigenvalue weighted by Gasteiger charge is 2.49. The van der Waals surface area contributed by atoms with Gasteiger partial charge in [0.15, 0.2) is 6.79 Å². The van der Waals surface area contributed by atoms with Crippen molar-refractivity contribution in [2.75, 3.05) is 13.4 Å². The predicted molar refractivity (Wildman–Crippen MR) is 265 cm³/mol. The first-order valence-corrected chi connectivity index (χ1v) is 25.5. The molecule has 0 spiro atoms. The molecular weight excluding hydrogens is 829 g/mol. The Balaban J connectivity index is 1.21. The van der Waals surface area contributed by atoms with E-state index in [1.54, 1.807) is 6.92 Å². The van der Waals surface area contributed by atoms with E-state index in [0.717, 1.165) is 69.9 Å². The van der Waals surface area contributed by atoms with Gasteiger partial charge in [0, 0.05) is 69.8 Å². The average molecular weight is 913 g/mol. The molecule has 11 heteroatoms. The normalized spacial score (nSPS) is 27.6. The summed E-state index contributed by atoms with van der Waals surface area (Å²) in [7, 11) is 0. The molecule has 0 amide bonds. The Kier molecular flexibility index (Phi) is 17.6. The lowest BCUT2D eigenvalue weighted by Crippen LogP contribution is -2.40. The van der Waals surface area contributed by atoms with E-state index >= 15 is 0 Å². The lowest BCUT2D eigenvalue weighted by molar-refractivity contribution is -0.153. The highest BCUT2D eigenvalue weighted by molar-refractivity contribution is 5.95. The number of aliphatic hydroxyl groups excluding tert-OH is 3. The van der Waals surface area contributed by atoms with Gasteiger partial charge in [0.25, 0.3) is 0 Å². The van der Waals surface area contributed by atoms with Gasteiger partial charge in [-0.15, -0.1) is 0 Å². The van der Waals surface area contributed by atoms with Crippen LogP contribution in [0.1, 0.15) is 162 Å². The molecule has 5 heterocycles. The van der Waals surface area contributed by atoms with Crippen LogP contribution in [0.4, 0.5) is 0 Å². The summed E-state index contributed by atoms with van der Waals surface area (Å²) in [6, 6.07) is -0.528. The number of allylic oxidation sites excluding steroid dienone is 2. The van der Waals surface area contributed by atoms with Crippen LogP contribution in [-0.4, -0.2) is 68.8 Å². The summed E-state index contributed by atoms with van der Waals surface area (Å²) in [4.78, 5) is 34.6. The molecule has 2 unspecified atom stereocenters. The number of carbonyl (C=O) groups excluding carboxylic acids is 2. The van der Waals surface area contributed by atoms with Crippen molar-refractivity contribution in [2.24, 2.45) is 47.3 Å². The number of aromatic amines is 2. The molecule has 8 bridgehead atoms. The van der Waals surface area contributed by atoms with E-state index in [0.29, 0.717) is 34.9 Å². The largest absolute Gasteiger partial charge is 0.512 e. The monoisotopic (exact) mass is 913 g/mol. The third kappa shape index (κ3) is 11.5. The topological polar surface area (TPSA) is 169 Å². The van der Waals surface area contributed by atoms with Gasteiger partial charge in [-0.05, 0) is 124 Å². The van der Waals surface area contributed by atoms with Gasteiger partial charge in [0.2, 0.25) is 0 Å². The fourth-order valence-corrected chi connectivity index (χ4v) is 11.9. The van der Waals surface area contributed by atoms with Gasteiger partial charge < -0.3 is 45.4 Å².